The van der Waals surface area contributed by atoms with Gasteiger partial charge in [-0.15, -0.1) is 0 Å². The van der Waals surface area contributed by atoms with Crippen LogP contribution in [-0.4, -0.2) is 29.1 Å². The van der Waals surface area contributed by atoms with Gasteiger partial charge in [-0.2, -0.15) is 0 Å². The molecule has 214 valence electrons. The van der Waals surface area contributed by atoms with Gasteiger partial charge in [-0.25, -0.2) is 0 Å². The average Bonchev–Trinajstić information content (AvgIpc) is 3.53. The van der Waals surface area contributed by atoms with Crippen LogP contribution in [0.15, 0.2) is 35.4 Å². The van der Waals surface area contributed by atoms with Gasteiger partial charge in [0.1, 0.15) is 11.5 Å². The smallest absolute Gasteiger partial charge is 0.137 e. The molecule has 1 aromatic carbocycles. The Morgan fingerprint density at radius 2 is 1.95 bits per heavy atom. The fraction of sp³-hybridized carbons (Fsp3) is 0.743. The van der Waals surface area contributed by atoms with E-state index in [4.69, 9.17) is 4.74 Å². The van der Waals surface area contributed by atoms with E-state index in [-0.39, 0.29) is 5.41 Å². The minimum absolute atomic E-state index is 0.0709. The van der Waals surface area contributed by atoms with Crippen molar-refractivity contribution in [2.45, 2.75) is 128 Å². The van der Waals surface area contributed by atoms with Crippen molar-refractivity contribution >= 4 is 5.78 Å². The standard InChI is InChI=1S/C35H51NO3/c1-4-32(36-26-9-5-6-10-26)24-8-7-11-28(22-24)39-19-18-35-17-14-30-29-13-12-27(37)21-25(29)20-23(2)33(30)31(35)15-16-34(35,3)38/h7-8,11,22-23,26,30-33,36,38H,4-6,9-10,12-21H2,1-3H3/t23-,30?,31?,32?,33?,34+,35-/m1/s1. The summed E-state index contributed by atoms with van der Waals surface area (Å²) in [5, 5.41) is 15.7. The Morgan fingerprint density at radius 1 is 1.13 bits per heavy atom. The number of nitrogens with one attached hydrogen (secondary N) is 1. The predicted octanol–water partition coefficient (Wildman–Crippen LogP) is 7.70. The molecule has 0 bridgehead atoms. The molecule has 5 aliphatic rings. The largest absolute Gasteiger partial charge is 0.494 e. The van der Waals surface area contributed by atoms with Crippen molar-refractivity contribution in [3.05, 3.63) is 41.0 Å². The number of allylic oxidation sites excluding steroid dienone is 2. The molecule has 0 radical (unpaired) electrons. The van der Waals surface area contributed by atoms with Gasteiger partial charge in [-0.05, 0) is 112 Å². The van der Waals surface area contributed by atoms with Crippen LogP contribution in [-0.2, 0) is 4.79 Å². The Bertz CT molecular complexity index is 1090. The van der Waals surface area contributed by atoms with Gasteiger partial charge in [-0.1, -0.05) is 50.0 Å². The third-order valence-electron chi connectivity index (χ3n) is 12.0. The molecule has 0 heterocycles. The lowest BCUT2D eigenvalue weighted by atomic mass is 9.49. The van der Waals surface area contributed by atoms with Gasteiger partial charge in [0.25, 0.3) is 0 Å². The summed E-state index contributed by atoms with van der Waals surface area (Å²) in [4.78, 5) is 12.2. The Kier molecular flexibility index (Phi) is 7.74. The SMILES string of the molecule is CCC(NC1CCCC1)c1cccc(OCC[C@]23CCC4C5=C(CC(=O)CC5)C[C@@H](C)C4C2CC[C@]3(C)O)c1. The van der Waals surface area contributed by atoms with Crippen molar-refractivity contribution in [2.75, 3.05) is 6.61 Å². The highest BCUT2D eigenvalue weighted by molar-refractivity contribution is 5.82. The van der Waals surface area contributed by atoms with Gasteiger partial charge >= 0.3 is 0 Å². The van der Waals surface area contributed by atoms with Crippen LogP contribution in [0.2, 0.25) is 0 Å². The normalized spacial score (nSPS) is 37.4. The topological polar surface area (TPSA) is 58.6 Å². The molecule has 0 spiro atoms. The first-order chi connectivity index (χ1) is 18.8. The molecule has 6 rings (SSSR count). The van der Waals surface area contributed by atoms with E-state index >= 15 is 0 Å². The molecule has 3 fully saturated rings. The number of benzene rings is 1. The van der Waals surface area contributed by atoms with Crippen LogP contribution >= 0.6 is 0 Å². The van der Waals surface area contributed by atoms with Crippen LogP contribution in [0.3, 0.4) is 0 Å². The van der Waals surface area contributed by atoms with E-state index < -0.39 is 5.60 Å². The number of hydrogen-bond acceptors (Lipinski definition) is 4. The molecule has 4 nitrogen and oxygen atoms in total. The summed E-state index contributed by atoms with van der Waals surface area (Å²) in [6, 6.07) is 9.77. The van der Waals surface area contributed by atoms with E-state index in [0.29, 0.717) is 54.6 Å². The lowest BCUT2D eigenvalue weighted by Crippen LogP contribution is -2.54. The van der Waals surface area contributed by atoms with Crippen LogP contribution in [0.1, 0.15) is 122 Å². The van der Waals surface area contributed by atoms with Crippen molar-refractivity contribution in [1.82, 2.24) is 5.32 Å². The van der Waals surface area contributed by atoms with Crippen LogP contribution in [0.5, 0.6) is 5.75 Å². The van der Waals surface area contributed by atoms with Crippen molar-refractivity contribution in [2.24, 2.45) is 29.1 Å². The molecular formula is C35H51NO3. The second-order valence-electron chi connectivity index (χ2n) is 14.1. The molecule has 0 aromatic heterocycles. The number of carbonyl (C=O) groups is 1. The summed E-state index contributed by atoms with van der Waals surface area (Å²) >= 11 is 0. The maximum atomic E-state index is 12.2. The number of Topliss-reactive ketones (excluding diaryl/α,β-unsaturated/α-hetero) is 1. The summed E-state index contributed by atoms with van der Waals surface area (Å²) in [6.45, 7) is 7.48. The first kappa shape index (κ1) is 27.5. The molecule has 4 unspecified atom stereocenters. The minimum atomic E-state index is -0.636. The molecule has 4 heteroatoms. The van der Waals surface area contributed by atoms with E-state index in [1.54, 1.807) is 5.57 Å². The lowest BCUT2D eigenvalue weighted by molar-refractivity contribution is -0.125. The lowest BCUT2D eigenvalue weighted by Gasteiger charge is -2.56. The zero-order valence-electron chi connectivity index (χ0n) is 24.6. The van der Waals surface area contributed by atoms with E-state index in [9.17, 15) is 9.90 Å². The van der Waals surface area contributed by atoms with Gasteiger partial charge in [0, 0.05) is 30.3 Å². The fourth-order valence-corrected chi connectivity index (χ4v) is 10.1. The van der Waals surface area contributed by atoms with Crippen LogP contribution < -0.4 is 10.1 Å². The quantitative estimate of drug-likeness (QED) is 0.336. The molecule has 2 N–H and O–H groups in total. The first-order valence-electron chi connectivity index (χ1n) is 16.2. The fourth-order valence-electron chi connectivity index (χ4n) is 10.1. The predicted molar refractivity (Wildman–Crippen MR) is 157 cm³/mol. The number of ketones is 1. The molecule has 39 heavy (non-hydrogen) atoms. The zero-order chi connectivity index (χ0) is 27.2. The first-order valence-corrected chi connectivity index (χ1v) is 16.2. The number of hydrogen-bond donors (Lipinski definition) is 2. The van der Waals surface area contributed by atoms with Crippen molar-refractivity contribution in [3.63, 3.8) is 0 Å². The van der Waals surface area contributed by atoms with Crippen LogP contribution in [0.4, 0.5) is 0 Å². The average molecular weight is 534 g/mol. The molecule has 0 saturated heterocycles. The number of fused-ring (bicyclic) bond motifs is 4. The number of ether oxygens (including phenoxy) is 1. The van der Waals surface area contributed by atoms with Gasteiger partial charge in [-0.3, -0.25) is 4.79 Å². The second kappa shape index (κ2) is 11.0. The zero-order valence-corrected chi connectivity index (χ0v) is 24.6. The Labute approximate surface area is 236 Å². The van der Waals surface area contributed by atoms with Crippen LogP contribution in [0, 0.1) is 29.1 Å². The number of aliphatic hydroxyl groups is 1. The maximum absolute atomic E-state index is 12.2. The maximum Gasteiger partial charge on any atom is 0.137 e. The highest BCUT2D eigenvalue weighted by Crippen LogP contribution is 2.66. The number of rotatable bonds is 8. The molecule has 0 amide bonds. The highest BCUT2D eigenvalue weighted by Gasteiger charge is 2.63. The molecule has 1 aromatic rings. The third-order valence-corrected chi connectivity index (χ3v) is 12.0. The minimum Gasteiger partial charge on any atom is -0.494 e. The highest BCUT2D eigenvalue weighted by atomic mass is 16.5. The van der Waals surface area contributed by atoms with Crippen molar-refractivity contribution in [3.8, 4) is 5.75 Å². The van der Waals surface area contributed by atoms with E-state index in [0.717, 1.165) is 63.5 Å². The van der Waals surface area contributed by atoms with Gasteiger partial charge in [0.15, 0.2) is 0 Å². The summed E-state index contributed by atoms with van der Waals surface area (Å²) in [5.74, 6) is 3.80. The van der Waals surface area contributed by atoms with Crippen molar-refractivity contribution in [1.29, 1.82) is 0 Å². The van der Waals surface area contributed by atoms with E-state index in [1.807, 2.05) is 0 Å². The summed E-state index contributed by atoms with van der Waals surface area (Å²) in [6.07, 6.45) is 15.1. The van der Waals surface area contributed by atoms with E-state index in [1.165, 1.54) is 36.8 Å². The van der Waals surface area contributed by atoms with Gasteiger partial charge in [0.05, 0.1) is 12.2 Å². The third kappa shape index (κ3) is 5.03. The summed E-state index contributed by atoms with van der Waals surface area (Å²) < 4.78 is 6.49. The molecular weight excluding hydrogens is 482 g/mol. The Hall–Kier alpha value is -1.65. The molecule has 0 aliphatic heterocycles. The van der Waals surface area contributed by atoms with Crippen LogP contribution in [0.25, 0.3) is 0 Å². The van der Waals surface area contributed by atoms with E-state index in [2.05, 4.69) is 50.4 Å². The monoisotopic (exact) mass is 533 g/mol. The Balaban J connectivity index is 1.16. The van der Waals surface area contributed by atoms with Gasteiger partial charge < -0.3 is 15.2 Å². The Morgan fingerprint density at radius 3 is 2.74 bits per heavy atom. The molecule has 3 saturated carbocycles. The number of carbonyl (C=O) groups excluding carboxylic acids is 1. The second-order valence-corrected chi connectivity index (χ2v) is 14.1. The molecule has 7 atom stereocenters. The van der Waals surface area contributed by atoms with Crippen molar-refractivity contribution < 1.29 is 14.6 Å². The van der Waals surface area contributed by atoms with Gasteiger partial charge in [0.2, 0.25) is 0 Å². The summed E-state index contributed by atoms with van der Waals surface area (Å²) in [5.41, 5.74) is 3.75. The summed E-state index contributed by atoms with van der Waals surface area (Å²) in [7, 11) is 0. The molecule has 5 aliphatic carbocycles.